The summed E-state index contributed by atoms with van der Waals surface area (Å²) < 4.78 is 7.73. The minimum absolute atomic E-state index is 0.184. The Labute approximate surface area is 238 Å². The smallest absolute Gasteiger partial charge is 0.221 e. The van der Waals surface area contributed by atoms with Gasteiger partial charge in [-0.2, -0.15) is 0 Å². The Balaban J connectivity index is 1.70. The zero-order valence-corrected chi connectivity index (χ0v) is 24.0. The third kappa shape index (κ3) is 4.86. The lowest BCUT2D eigenvalue weighted by molar-refractivity contribution is -0.114. The standard InChI is InChI=1S/C30H30ClN5O2S/c1-17-15-22(19(3)35(17)26-11-8-9-23(31)18(26)2)29-28(24-10-6-7-14-32-24)34-30(39)36(29)21-12-13-27(38-5)25(16-21)33-20(4)37/h6-16,28-29H,1-5H3,(H,33,37)(H,34,39)/t28-,29+/m0/s1. The second kappa shape index (κ2) is 10.7. The Hall–Kier alpha value is -3.88. The summed E-state index contributed by atoms with van der Waals surface area (Å²) in [7, 11) is 1.58. The first-order valence-electron chi connectivity index (χ1n) is 12.6. The molecule has 1 saturated heterocycles. The molecule has 2 aromatic carbocycles. The number of pyridine rings is 1. The van der Waals surface area contributed by atoms with Gasteiger partial charge in [-0.1, -0.05) is 23.7 Å². The number of rotatable bonds is 6. The number of thiocarbonyl (C=S) groups is 1. The number of anilines is 2. The first-order valence-corrected chi connectivity index (χ1v) is 13.4. The van der Waals surface area contributed by atoms with Crippen molar-refractivity contribution in [3.8, 4) is 11.4 Å². The molecule has 39 heavy (non-hydrogen) atoms. The van der Waals surface area contributed by atoms with E-state index in [0.29, 0.717) is 16.5 Å². The van der Waals surface area contributed by atoms with E-state index < -0.39 is 0 Å². The molecule has 0 saturated carbocycles. The monoisotopic (exact) mass is 559 g/mol. The summed E-state index contributed by atoms with van der Waals surface area (Å²) in [6, 6.07) is 19.3. The van der Waals surface area contributed by atoms with Gasteiger partial charge in [0.25, 0.3) is 0 Å². The molecule has 4 aromatic rings. The van der Waals surface area contributed by atoms with Gasteiger partial charge < -0.3 is 24.8 Å². The van der Waals surface area contributed by atoms with E-state index in [2.05, 4.69) is 51.1 Å². The molecule has 1 amide bonds. The van der Waals surface area contributed by atoms with Crippen LogP contribution in [0.2, 0.25) is 5.02 Å². The van der Waals surface area contributed by atoms with Crippen LogP contribution >= 0.6 is 23.8 Å². The summed E-state index contributed by atoms with van der Waals surface area (Å²) >= 11 is 12.4. The molecule has 0 radical (unpaired) electrons. The van der Waals surface area contributed by atoms with Gasteiger partial charge in [0.1, 0.15) is 5.75 Å². The van der Waals surface area contributed by atoms with Crippen molar-refractivity contribution in [1.82, 2.24) is 14.9 Å². The van der Waals surface area contributed by atoms with Crippen molar-refractivity contribution in [2.45, 2.75) is 39.8 Å². The molecule has 9 heteroatoms. The second-order valence-corrected chi connectivity index (χ2v) is 10.4. The maximum atomic E-state index is 11.9. The van der Waals surface area contributed by atoms with E-state index >= 15 is 0 Å². The number of carbonyl (C=O) groups excluding carboxylic acids is 1. The summed E-state index contributed by atoms with van der Waals surface area (Å²) in [5, 5.41) is 7.69. The first kappa shape index (κ1) is 26.7. The van der Waals surface area contributed by atoms with Crippen LogP contribution in [-0.2, 0) is 4.79 Å². The Morgan fingerprint density at radius 1 is 1.10 bits per heavy atom. The number of nitrogens with one attached hydrogen (secondary N) is 2. The normalized spacial score (nSPS) is 16.8. The van der Waals surface area contributed by atoms with Crippen LogP contribution in [0.15, 0.2) is 66.9 Å². The molecule has 3 heterocycles. The van der Waals surface area contributed by atoms with Gasteiger partial charge in [-0.25, -0.2) is 0 Å². The number of aromatic nitrogens is 2. The molecular weight excluding hydrogens is 530 g/mol. The van der Waals surface area contributed by atoms with E-state index in [9.17, 15) is 4.79 Å². The van der Waals surface area contributed by atoms with Gasteiger partial charge in [0, 0.05) is 40.9 Å². The van der Waals surface area contributed by atoms with Gasteiger partial charge in [0.05, 0.1) is 30.6 Å². The van der Waals surface area contributed by atoms with Crippen molar-refractivity contribution in [1.29, 1.82) is 0 Å². The molecule has 0 aliphatic carbocycles. The van der Waals surface area contributed by atoms with Gasteiger partial charge in [0.15, 0.2) is 5.11 Å². The van der Waals surface area contributed by atoms with Crippen LogP contribution in [0, 0.1) is 20.8 Å². The fraction of sp³-hybridized carbons (Fsp3) is 0.233. The molecule has 1 aliphatic rings. The Morgan fingerprint density at radius 3 is 2.59 bits per heavy atom. The number of halogens is 1. The van der Waals surface area contributed by atoms with Gasteiger partial charge in [0.2, 0.25) is 5.91 Å². The average molecular weight is 560 g/mol. The summed E-state index contributed by atoms with van der Waals surface area (Å²) in [6.07, 6.45) is 1.79. The second-order valence-electron chi connectivity index (χ2n) is 9.61. The summed E-state index contributed by atoms with van der Waals surface area (Å²) in [6.45, 7) is 7.72. The third-order valence-corrected chi connectivity index (χ3v) is 7.86. The number of carbonyl (C=O) groups is 1. The summed E-state index contributed by atoms with van der Waals surface area (Å²) in [4.78, 5) is 18.7. The maximum absolute atomic E-state index is 11.9. The fourth-order valence-corrected chi connectivity index (χ4v) is 5.89. The number of nitrogens with zero attached hydrogens (tertiary/aromatic N) is 3. The van der Waals surface area contributed by atoms with Crippen molar-refractivity contribution < 1.29 is 9.53 Å². The summed E-state index contributed by atoms with van der Waals surface area (Å²) in [5.74, 6) is 0.385. The molecule has 0 bridgehead atoms. The van der Waals surface area contributed by atoms with Crippen LogP contribution in [0.5, 0.6) is 5.75 Å². The number of benzene rings is 2. The van der Waals surface area contributed by atoms with Gasteiger partial charge in [-0.3, -0.25) is 9.78 Å². The largest absolute Gasteiger partial charge is 0.495 e. The molecule has 2 atom stereocenters. The predicted octanol–water partition coefficient (Wildman–Crippen LogP) is 6.60. The van der Waals surface area contributed by atoms with Crippen LogP contribution in [0.1, 0.15) is 47.2 Å². The maximum Gasteiger partial charge on any atom is 0.221 e. The minimum atomic E-state index is -0.217. The highest BCUT2D eigenvalue weighted by molar-refractivity contribution is 7.80. The first-order chi connectivity index (χ1) is 18.7. The number of hydrogen-bond donors (Lipinski definition) is 2. The zero-order chi connectivity index (χ0) is 27.8. The molecule has 200 valence electrons. The van der Waals surface area contributed by atoms with Crippen LogP contribution in [-0.4, -0.2) is 27.7 Å². The van der Waals surface area contributed by atoms with Gasteiger partial charge in [-0.15, -0.1) is 0 Å². The molecular formula is C30H30ClN5O2S. The number of hydrogen-bond acceptors (Lipinski definition) is 4. The highest BCUT2D eigenvalue weighted by Crippen LogP contribution is 2.45. The van der Waals surface area contributed by atoms with Gasteiger partial charge in [-0.05, 0) is 92.6 Å². The number of amides is 1. The number of aryl methyl sites for hydroxylation is 1. The summed E-state index contributed by atoms with van der Waals surface area (Å²) in [5.41, 5.74) is 7.60. The van der Waals surface area contributed by atoms with Crippen molar-refractivity contribution in [3.05, 3.63) is 100 Å². The zero-order valence-electron chi connectivity index (χ0n) is 22.4. The van der Waals surface area contributed by atoms with Crippen LogP contribution in [0.25, 0.3) is 5.69 Å². The van der Waals surface area contributed by atoms with Crippen molar-refractivity contribution in [3.63, 3.8) is 0 Å². The Bertz CT molecular complexity index is 1570. The Kier molecular flexibility index (Phi) is 7.34. The fourth-order valence-electron chi connectivity index (χ4n) is 5.38. The van der Waals surface area contributed by atoms with Crippen LogP contribution < -0.4 is 20.3 Å². The van der Waals surface area contributed by atoms with E-state index in [0.717, 1.165) is 44.6 Å². The molecule has 0 spiro atoms. The molecule has 0 unspecified atom stereocenters. The van der Waals surface area contributed by atoms with E-state index in [4.69, 9.17) is 28.6 Å². The average Bonchev–Trinajstić information content (AvgIpc) is 3.41. The molecule has 1 aliphatic heterocycles. The third-order valence-electron chi connectivity index (χ3n) is 7.14. The van der Waals surface area contributed by atoms with Crippen LogP contribution in [0.4, 0.5) is 11.4 Å². The van der Waals surface area contributed by atoms with Crippen molar-refractivity contribution >= 4 is 46.2 Å². The van der Waals surface area contributed by atoms with Crippen molar-refractivity contribution in [2.24, 2.45) is 0 Å². The van der Waals surface area contributed by atoms with Crippen molar-refractivity contribution in [2.75, 3.05) is 17.3 Å². The lowest BCUT2D eigenvalue weighted by Gasteiger charge is -2.29. The van der Waals surface area contributed by atoms with Crippen LogP contribution in [0.3, 0.4) is 0 Å². The highest BCUT2D eigenvalue weighted by Gasteiger charge is 2.42. The lowest BCUT2D eigenvalue weighted by atomic mass is 9.96. The molecule has 1 fully saturated rings. The number of methoxy groups -OCH3 is 1. The van der Waals surface area contributed by atoms with E-state index in [-0.39, 0.29) is 18.0 Å². The topological polar surface area (TPSA) is 71.4 Å². The molecule has 5 rings (SSSR count). The lowest BCUT2D eigenvalue weighted by Crippen LogP contribution is -2.29. The van der Waals surface area contributed by atoms with E-state index in [1.54, 1.807) is 13.3 Å². The minimum Gasteiger partial charge on any atom is -0.495 e. The highest BCUT2D eigenvalue weighted by atomic mass is 35.5. The van der Waals surface area contributed by atoms with Gasteiger partial charge >= 0.3 is 0 Å². The van der Waals surface area contributed by atoms with E-state index in [1.165, 1.54) is 6.92 Å². The molecule has 7 nitrogen and oxygen atoms in total. The SMILES string of the molecule is COc1ccc(N2C(=S)N[C@@H](c3ccccn3)[C@H]2c2cc(C)n(-c3cccc(Cl)c3C)c2C)cc1NC(C)=O. The molecule has 2 N–H and O–H groups in total. The molecule has 2 aromatic heterocycles. The Morgan fingerprint density at radius 2 is 1.90 bits per heavy atom. The predicted molar refractivity (Wildman–Crippen MR) is 160 cm³/mol. The quantitative estimate of drug-likeness (QED) is 0.259. The van der Waals surface area contributed by atoms with E-state index in [1.807, 2.05) is 55.5 Å². The number of ether oxygens (including phenoxy) is 1.